The van der Waals surface area contributed by atoms with E-state index in [1.165, 1.54) is 0 Å². The molecule has 1 fully saturated rings. The summed E-state index contributed by atoms with van der Waals surface area (Å²) >= 11 is 4.26. The molecule has 104 valence electrons. The molecule has 1 aromatic carbocycles. The first-order chi connectivity index (χ1) is 9.08. The molecule has 0 bridgehead atoms. The van der Waals surface area contributed by atoms with E-state index >= 15 is 0 Å². The topological polar surface area (TPSA) is 49.3 Å². The minimum Gasteiger partial charge on any atom is -0.393 e. The molecule has 0 aromatic heterocycles. The third-order valence-electron chi connectivity index (χ3n) is 3.86. The highest BCUT2D eigenvalue weighted by Gasteiger charge is 2.23. The second-order valence-electron chi connectivity index (χ2n) is 5.32. The van der Waals surface area contributed by atoms with Gasteiger partial charge in [0.1, 0.15) is 0 Å². The van der Waals surface area contributed by atoms with Gasteiger partial charge >= 0.3 is 0 Å². The standard InChI is InChI=1S/C15H21NO2S/c1-10-6-7-12(19)8-13(10)15(18)16-9-11-4-2-3-5-14(11)17/h6-8,11,14,17,19H,2-5,9H2,1H3,(H,16,18). The quantitative estimate of drug-likeness (QED) is 0.745. The van der Waals surface area contributed by atoms with Crippen molar-refractivity contribution >= 4 is 18.5 Å². The van der Waals surface area contributed by atoms with Crippen LogP contribution in [0.2, 0.25) is 0 Å². The molecule has 2 atom stereocenters. The Morgan fingerprint density at radius 2 is 2.16 bits per heavy atom. The number of rotatable bonds is 3. The predicted octanol–water partition coefficient (Wildman–Crippen LogP) is 2.56. The van der Waals surface area contributed by atoms with Crippen molar-refractivity contribution in [1.29, 1.82) is 0 Å². The van der Waals surface area contributed by atoms with Gasteiger partial charge in [-0.1, -0.05) is 18.9 Å². The van der Waals surface area contributed by atoms with E-state index in [0.29, 0.717) is 12.1 Å². The third kappa shape index (κ3) is 3.74. The minimum absolute atomic E-state index is 0.0776. The van der Waals surface area contributed by atoms with Gasteiger partial charge in [-0.2, -0.15) is 0 Å². The third-order valence-corrected chi connectivity index (χ3v) is 4.14. The van der Waals surface area contributed by atoms with Crippen molar-refractivity contribution in [2.75, 3.05) is 6.54 Å². The number of hydrogen-bond donors (Lipinski definition) is 3. The van der Waals surface area contributed by atoms with Gasteiger partial charge in [0.25, 0.3) is 5.91 Å². The van der Waals surface area contributed by atoms with E-state index < -0.39 is 0 Å². The van der Waals surface area contributed by atoms with Crippen LogP contribution in [-0.4, -0.2) is 23.7 Å². The number of benzene rings is 1. The highest BCUT2D eigenvalue weighted by Crippen LogP contribution is 2.23. The van der Waals surface area contributed by atoms with Crippen molar-refractivity contribution in [2.24, 2.45) is 5.92 Å². The molecule has 0 radical (unpaired) electrons. The summed E-state index contributed by atoms with van der Waals surface area (Å²) < 4.78 is 0. The summed E-state index contributed by atoms with van der Waals surface area (Å²) in [6.45, 7) is 2.47. The lowest BCUT2D eigenvalue weighted by molar-refractivity contribution is 0.0662. The van der Waals surface area contributed by atoms with Crippen LogP contribution in [0.3, 0.4) is 0 Å². The normalized spacial score (nSPS) is 23.1. The fourth-order valence-electron chi connectivity index (χ4n) is 2.60. The Bertz CT molecular complexity index is 461. The molecule has 3 nitrogen and oxygen atoms in total. The van der Waals surface area contributed by atoms with E-state index in [-0.39, 0.29) is 17.9 Å². The Hall–Kier alpha value is -1.00. The highest BCUT2D eigenvalue weighted by molar-refractivity contribution is 7.80. The summed E-state index contributed by atoms with van der Waals surface area (Å²) in [5.41, 5.74) is 1.61. The zero-order chi connectivity index (χ0) is 13.8. The molecular formula is C15H21NO2S. The molecule has 0 aliphatic heterocycles. The molecule has 1 aromatic rings. The van der Waals surface area contributed by atoms with Crippen LogP contribution in [-0.2, 0) is 0 Å². The largest absolute Gasteiger partial charge is 0.393 e. The monoisotopic (exact) mass is 279 g/mol. The lowest BCUT2D eigenvalue weighted by atomic mass is 9.86. The van der Waals surface area contributed by atoms with Crippen molar-refractivity contribution < 1.29 is 9.90 Å². The Morgan fingerprint density at radius 3 is 2.89 bits per heavy atom. The average Bonchev–Trinajstić information content (AvgIpc) is 2.40. The Kier molecular flexibility index (Phi) is 4.88. The molecule has 19 heavy (non-hydrogen) atoms. The highest BCUT2D eigenvalue weighted by atomic mass is 32.1. The van der Waals surface area contributed by atoms with Gasteiger partial charge in [-0.15, -0.1) is 12.6 Å². The van der Waals surface area contributed by atoms with Crippen molar-refractivity contribution in [3.8, 4) is 0 Å². The lowest BCUT2D eigenvalue weighted by Crippen LogP contribution is -2.36. The number of aliphatic hydroxyl groups excluding tert-OH is 1. The molecule has 0 heterocycles. The fraction of sp³-hybridized carbons (Fsp3) is 0.533. The molecule has 1 aliphatic rings. The average molecular weight is 279 g/mol. The Morgan fingerprint density at radius 1 is 1.42 bits per heavy atom. The van der Waals surface area contributed by atoms with Crippen LogP contribution >= 0.6 is 12.6 Å². The molecule has 2 rings (SSSR count). The van der Waals surface area contributed by atoms with Gasteiger partial charge < -0.3 is 10.4 Å². The molecule has 1 amide bonds. The first-order valence-corrected chi connectivity index (χ1v) is 7.28. The van der Waals surface area contributed by atoms with Crippen LogP contribution in [0, 0.1) is 12.8 Å². The van der Waals surface area contributed by atoms with E-state index in [9.17, 15) is 9.90 Å². The first kappa shape index (κ1) is 14.4. The summed E-state index contributed by atoms with van der Waals surface area (Å²) in [6, 6.07) is 5.55. The zero-order valence-electron chi connectivity index (χ0n) is 11.2. The maximum atomic E-state index is 12.1. The number of aryl methyl sites for hydroxylation is 1. The van der Waals surface area contributed by atoms with Gasteiger partial charge in [-0.3, -0.25) is 4.79 Å². The number of nitrogens with one attached hydrogen (secondary N) is 1. The number of carbonyl (C=O) groups is 1. The van der Waals surface area contributed by atoms with Crippen molar-refractivity contribution in [3.05, 3.63) is 29.3 Å². The molecular weight excluding hydrogens is 258 g/mol. The zero-order valence-corrected chi connectivity index (χ0v) is 12.1. The van der Waals surface area contributed by atoms with Crippen LogP contribution in [0.15, 0.2) is 23.1 Å². The van der Waals surface area contributed by atoms with Gasteiger partial charge in [0.2, 0.25) is 0 Å². The van der Waals surface area contributed by atoms with Crippen molar-refractivity contribution in [2.45, 2.75) is 43.6 Å². The van der Waals surface area contributed by atoms with Crippen LogP contribution in [0.5, 0.6) is 0 Å². The Labute approximate surface area is 119 Å². The van der Waals surface area contributed by atoms with E-state index in [1.54, 1.807) is 6.07 Å². The van der Waals surface area contributed by atoms with E-state index in [0.717, 1.165) is 36.1 Å². The fourth-order valence-corrected chi connectivity index (χ4v) is 2.80. The summed E-state index contributed by atoms with van der Waals surface area (Å²) in [5, 5.41) is 12.8. The minimum atomic E-state index is -0.272. The van der Waals surface area contributed by atoms with Gasteiger partial charge in [0, 0.05) is 22.9 Å². The van der Waals surface area contributed by atoms with Gasteiger partial charge in [0.15, 0.2) is 0 Å². The van der Waals surface area contributed by atoms with Gasteiger partial charge in [0.05, 0.1) is 6.10 Å². The number of aliphatic hydroxyl groups is 1. The smallest absolute Gasteiger partial charge is 0.251 e. The second kappa shape index (κ2) is 6.44. The van der Waals surface area contributed by atoms with Crippen LogP contribution in [0.25, 0.3) is 0 Å². The maximum Gasteiger partial charge on any atom is 0.251 e. The van der Waals surface area contributed by atoms with E-state index in [2.05, 4.69) is 17.9 Å². The molecule has 2 N–H and O–H groups in total. The Balaban J connectivity index is 1.95. The first-order valence-electron chi connectivity index (χ1n) is 6.84. The van der Waals surface area contributed by atoms with Crippen molar-refractivity contribution in [1.82, 2.24) is 5.32 Å². The number of thiol groups is 1. The predicted molar refractivity (Wildman–Crippen MR) is 78.7 cm³/mol. The van der Waals surface area contributed by atoms with Crippen LogP contribution in [0.4, 0.5) is 0 Å². The summed E-state index contributed by atoms with van der Waals surface area (Å²) in [4.78, 5) is 12.9. The summed E-state index contributed by atoms with van der Waals surface area (Å²) in [5.74, 6) is 0.114. The molecule has 1 aliphatic carbocycles. The molecule has 4 heteroatoms. The van der Waals surface area contributed by atoms with E-state index in [4.69, 9.17) is 0 Å². The van der Waals surface area contributed by atoms with Crippen LogP contribution < -0.4 is 5.32 Å². The number of carbonyl (C=O) groups excluding carboxylic acids is 1. The molecule has 2 unspecified atom stereocenters. The van der Waals surface area contributed by atoms with Crippen molar-refractivity contribution in [3.63, 3.8) is 0 Å². The summed E-state index contributed by atoms with van der Waals surface area (Å²) in [6.07, 6.45) is 3.81. The summed E-state index contributed by atoms with van der Waals surface area (Å²) in [7, 11) is 0. The van der Waals surface area contributed by atoms with Gasteiger partial charge in [-0.25, -0.2) is 0 Å². The molecule has 0 spiro atoms. The van der Waals surface area contributed by atoms with E-state index in [1.807, 2.05) is 19.1 Å². The van der Waals surface area contributed by atoms with Crippen LogP contribution in [0.1, 0.15) is 41.6 Å². The lowest BCUT2D eigenvalue weighted by Gasteiger charge is -2.27. The molecule has 1 saturated carbocycles. The molecule has 0 saturated heterocycles. The SMILES string of the molecule is Cc1ccc(S)cc1C(=O)NCC1CCCCC1O. The number of amides is 1. The van der Waals surface area contributed by atoms with Gasteiger partial charge in [-0.05, 0) is 37.5 Å². The maximum absolute atomic E-state index is 12.1. The second-order valence-corrected chi connectivity index (χ2v) is 5.84. The number of hydrogen-bond acceptors (Lipinski definition) is 3.